The summed E-state index contributed by atoms with van der Waals surface area (Å²) in [5.74, 6) is -1.29. The first-order valence-corrected chi connectivity index (χ1v) is 8.88. The molecule has 1 aromatic carbocycles. The van der Waals surface area contributed by atoms with Crippen molar-refractivity contribution in [3.05, 3.63) is 29.6 Å². The number of aryl methyl sites for hydroxylation is 1. The van der Waals surface area contributed by atoms with Crippen LogP contribution in [0, 0.1) is 5.82 Å². The minimum atomic E-state index is -0.941. The van der Waals surface area contributed by atoms with E-state index in [2.05, 4.69) is 0 Å². The van der Waals surface area contributed by atoms with Gasteiger partial charge in [0.15, 0.2) is 11.6 Å². The lowest BCUT2D eigenvalue weighted by atomic mass is 10.1. The molecule has 6 heteroatoms. The van der Waals surface area contributed by atoms with E-state index in [1.54, 1.807) is 12.1 Å². The fourth-order valence-corrected chi connectivity index (χ4v) is 1.87. The largest absolute Gasteiger partial charge is 0.481 e. The minimum Gasteiger partial charge on any atom is -0.481 e. The third-order valence-electron chi connectivity index (χ3n) is 2.13. The van der Waals surface area contributed by atoms with Gasteiger partial charge in [-0.3, -0.25) is 4.79 Å². The lowest BCUT2D eigenvalue weighted by Gasteiger charge is -2.05. The van der Waals surface area contributed by atoms with Crippen molar-refractivity contribution < 1.29 is 18.5 Å². The Kier molecular flexibility index (Phi) is 7.41. The summed E-state index contributed by atoms with van der Waals surface area (Å²) >= 11 is 1.88. The highest BCUT2D eigenvalue weighted by atomic mass is 127. The highest BCUT2D eigenvalue weighted by molar-refractivity contribution is 14.2. The van der Waals surface area contributed by atoms with Gasteiger partial charge in [0, 0.05) is 27.6 Å². The number of carboxylic acid groups (broad SMARTS) is 1. The molecule has 0 heterocycles. The smallest absolute Gasteiger partial charge is 0.303 e. The van der Waals surface area contributed by atoms with Gasteiger partial charge in [-0.25, -0.2) is 4.39 Å². The summed E-state index contributed by atoms with van der Waals surface area (Å²) in [4.78, 5) is 10.3. The number of carboxylic acids is 1. The van der Waals surface area contributed by atoms with Gasteiger partial charge in [-0.2, -0.15) is 0 Å². The maximum absolute atomic E-state index is 13.6. The highest BCUT2D eigenvalue weighted by Crippen LogP contribution is 2.26. The number of benzene rings is 1. The molecule has 0 unspecified atom stereocenters. The van der Waals surface area contributed by atoms with Crippen molar-refractivity contribution in [2.24, 2.45) is 0 Å². The summed E-state index contributed by atoms with van der Waals surface area (Å²) in [6.07, 6.45) is 4.59. The second-order valence-corrected chi connectivity index (χ2v) is 5.20. The van der Waals surface area contributed by atoms with Gasteiger partial charge in [0.2, 0.25) is 0 Å². The fourth-order valence-electron chi connectivity index (χ4n) is 1.09. The van der Waals surface area contributed by atoms with Crippen molar-refractivity contribution in [2.45, 2.75) is 32.1 Å². The Morgan fingerprint density at radius 3 is 2.61 bits per heavy atom. The average molecular weight is 384 g/mol. The molecule has 1 aromatic rings. The summed E-state index contributed by atoms with van der Waals surface area (Å²) < 4.78 is 18.5. The molecule has 100 valence electrons. The van der Waals surface area contributed by atoms with Gasteiger partial charge in [-0.05, 0) is 18.1 Å². The van der Waals surface area contributed by atoms with Gasteiger partial charge >= 0.3 is 5.97 Å². The van der Waals surface area contributed by atoms with Crippen LogP contribution in [0.25, 0.3) is 0 Å². The normalized spacial score (nSPS) is 12.3. The van der Waals surface area contributed by atoms with E-state index in [0.29, 0.717) is 5.56 Å². The number of carbonyl (C=O) groups is 1. The van der Waals surface area contributed by atoms with E-state index in [9.17, 15) is 9.18 Å². The lowest BCUT2D eigenvalue weighted by molar-refractivity contribution is -0.136. The SMILES string of the molecule is C1CC1.O=C(O)CCc1cccc(OSI)c1F. The summed E-state index contributed by atoms with van der Waals surface area (Å²) in [6, 6.07) is 4.71. The second-order valence-electron chi connectivity index (χ2n) is 3.83. The molecule has 2 rings (SSSR count). The van der Waals surface area contributed by atoms with Crippen molar-refractivity contribution in [3.63, 3.8) is 0 Å². The van der Waals surface area contributed by atoms with E-state index < -0.39 is 11.8 Å². The molecular formula is C12H14FIO3S. The van der Waals surface area contributed by atoms with E-state index in [-0.39, 0.29) is 18.6 Å². The molecule has 1 aliphatic rings. The molecule has 3 nitrogen and oxygen atoms in total. The maximum atomic E-state index is 13.6. The Bertz CT molecular complexity index is 396. The van der Waals surface area contributed by atoms with Gasteiger partial charge in [0.25, 0.3) is 0 Å². The van der Waals surface area contributed by atoms with Crippen molar-refractivity contribution in [2.75, 3.05) is 0 Å². The van der Waals surface area contributed by atoms with E-state index in [4.69, 9.17) is 9.29 Å². The van der Waals surface area contributed by atoms with Gasteiger partial charge in [0.1, 0.15) is 9.21 Å². The fraction of sp³-hybridized carbons (Fsp3) is 0.417. The Balaban J connectivity index is 0.000000468. The van der Waals surface area contributed by atoms with E-state index in [1.807, 2.05) is 21.2 Å². The van der Waals surface area contributed by atoms with Crippen LogP contribution >= 0.6 is 30.4 Å². The van der Waals surface area contributed by atoms with E-state index in [0.717, 1.165) is 9.21 Å². The molecule has 0 amide bonds. The van der Waals surface area contributed by atoms with E-state index in [1.165, 1.54) is 25.3 Å². The van der Waals surface area contributed by atoms with Crippen LogP contribution in [-0.4, -0.2) is 11.1 Å². The zero-order valence-corrected chi connectivity index (χ0v) is 12.7. The van der Waals surface area contributed by atoms with E-state index >= 15 is 0 Å². The predicted molar refractivity (Wildman–Crippen MR) is 78.4 cm³/mol. The van der Waals surface area contributed by atoms with Crippen LogP contribution in [0.5, 0.6) is 5.75 Å². The molecule has 0 aliphatic heterocycles. The van der Waals surface area contributed by atoms with Crippen LogP contribution in [0.15, 0.2) is 18.2 Å². The van der Waals surface area contributed by atoms with Crippen LogP contribution in [0.1, 0.15) is 31.2 Å². The Morgan fingerprint density at radius 1 is 1.44 bits per heavy atom. The maximum Gasteiger partial charge on any atom is 0.303 e. The molecule has 0 spiro atoms. The standard InChI is InChI=1S/C9H8FIO3S.C3H6/c10-9-6(4-5-8(12)13)2-1-3-7(9)14-15-11;1-2-3-1/h1-3H,4-5H2,(H,12,13);1-3H2. The predicted octanol–water partition coefficient (Wildman–Crippen LogP) is 4.39. The Hall–Kier alpha value is -0.500. The molecule has 0 atom stereocenters. The average Bonchev–Trinajstić information content (AvgIpc) is 3.18. The molecule has 1 aliphatic carbocycles. The Labute approximate surface area is 122 Å². The monoisotopic (exact) mass is 384 g/mol. The molecule has 0 bridgehead atoms. The number of rotatable bonds is 5. The first kappa shape index (κ1) is 15.6. The van der Waals surface area contributed by atoms with Crippen LogP contribution in [-0.2, 0) is 11.2 Å². The molecular weight excluding hydrogens is 370 g/mol. The highest BCUT2D eigenvalue weighted by Gasteiger charge is 2.10. The van der Waals surface area contributed by atoms with Crippen molar-refractivity contribution >= 4 is 36.4 Å². The van der Waals surface area contributed by atoms with Crippen molar-refractivity contribution in [1.29, 1.82) is 0 Å². The zero-order chi connectivity index (χ0) is 13.4. The summed E-state index contributed by atoms with van der Waals surface area (Å²) in [6.45, 7) is 0. The first-order chi connectivity index (χ1) is 8.65. The van der Waals surface area contributed by atoms with Crippen LogP contribution < -0.4 is 4.18 Å². The van der Waals surface area contributed by atoms with Crippen LogP contribution in [0.4, 0.5) is 4.39 Å². The zero-order valence-electron chi connectivity index (χ0n) is 9.70. The summed E-state index contributed by atoms with van der Waals surface area (Å²) in [5.41, 5.74) is 0.361. The third-order valence-corrected chi connectivity index (χ3v) is 2.91. The van der Waals surface area contributed by atoms with Crippen LogP contribution in [0.3, 0.4) is 0 Å². The number of hydrogen-bond acceptors (Lipinski definition) is 3. The molecule has 1 saturated carbocycles. The molecule has 0 saturated heterocycles. The molecule has 1 N–H and O–H groups in total. The number of aliphatic carboxylic acids is 1. The number of halogens is 2. The van der Waals surface area contributed by atoms with Crippen molar-refractivity contribution in [3.8, 4) is 5.75 Å². The van der Waals surface area contributed by atoms with Gasteiger partial charge < -0.3 is 9.29 Å². The molecule has 1 fully saturated rings. The summed E-state index contributed by atoms with van der Waals surface area (Å²) in [5, 5.41) is 8.48. The quantitative estimate of drug-likeness (QED) is 0.604. The Morgan fingerprint density at radius 2 is 2.11 bits per heavy atom. The summed E-state index contributed by atoms with van der Waals surface area (Å²) in [7, 11) is 1.02. The van der Waals surface area contributed by atoms with Crippen LogP contribution in [0.2, 0.25) is 0 Å². The molecule has 0 radical (unpaired) electrons. The molecule has 18 heavy (non-hydrogen) atoms. The second kappa shape index (κ2) is 8.58. The number of hydrogen-bond donors (Lipinski definition) is 1. The minimum absolute atomic E-state index is 0.0856. The third kappa shape index (κ3) is 6.44. The first-order valence-electron chi connectivity index (χ1n) is 5.59. The van der Waals surface area contributed by atoms with Gasteiger partial charge in [-0.1, -0.05) is 31.4 Å². The van der Waals surface area contributed by atoms with Crippen molar-refractivity contribution in [1.82, 2.24) is 0 Å². The van der Waals surface area contributed by atoms with Gasteiger partial charge in [-0.15, -0.1) is 0 Å². The van der Waals surface area contributed by atoms with Gasteiger partial charge in [0.05, 0.1) is 0 Å². The molecule has 0 aromatic heterocycles. The topological polar surface area (TPSA) is 46.5 Å². The lowest BCUT2D eigenvalue weighted by Crippen LogP contribution is -2.00.